The average Bonchev–Trinajstić information content (AvgIpc) is 2.95. The molecule has 4 heteroatoms. The van der Waals surface area contributed by atoms with E-state index < -0.39 is 0 Å². The number of rotatable bonds is 4. The molecule has 16 heavy (non-hydrogen) atoms. The number of amides is 1. The highest BCUT2D eigenvalue weighted by Crippen LogP contribution is 2.32. The van der Waals surface area contributed by atoms with Crippen LogP contribution in [0.2, 0.25) is 0 Å². The Bertz CT molecular complexity index is 392. The summed E-state index contributed by atoms with van der Waals surface area (Å²) < 4.78 is 0. The Balaban J connectivity index is 2.04. The van der Waals surface area contributed by atoms with Crippen LogP contribution in [-0.4, -0.2) is 23.5 Å². The Morgan fingerprint density at radius 2 is 2.38 bits per heavy atom. The summed E-state index contributed by atoms with van der Waals surface area (Å²) >= 11 is 0. The van der Waals surface area contributed by atoms with Gasteiger partial charge in [0.1, 0.15) is 5.69 Å². The van der Waals surface area contributed by atoms with Gasteiger partial charge in [0.2, 0.25) is 0 Å². The highest BCUT2D eigenvalue weighted by atomic mass is 16.1. The first-order valence-corrected chi connectivity index (χ1v) is 5.71. The molecule has 1 aromatic rings. The van der Waals surface area contributed by atoms with Gasteiger partial charge in [-0.2, -0.15) is 0 Å². The lowest BCUT2D eigenvalue weighted by molar-refractivity contribution is 0.0951. The number of hydrogen-bond acceptors (Lipinski definition) is 3. The van der Waals surface area contributed by atoms with E-state index in [-0.39, 0.29) is 5.91 Å². The van der Waals surface area contributed by atoms with Crippen LogP contribution in [-0.2, 0) is 0 Å². The predicted octanol–water partition coefficient (Wildman–Crippen LogP) is 1.65. The summed E-state index contributed by atoms with van der Waals surface area (Å²) in [5.41, 5.74) is 1.45. The minimum Gasteiger partial charge on any atom is -0.382 e. The standard InChI is InChI=1S/C12H17N3O/c1-3-13-12(16)11-7-9(4-5-14-11)15-10-6-8(10)2/h4-5,7-8,10H,3,6H2,1-2H3,(H,13,16)(H,14,15). The van der Waals surface area contributed by atoms with Crippen LogP contribution in [0.25, 0.3) is 0 Å². The summed E-state index contributed by atoms with van der Waals surface area (Å²) in [6.07, 6.45) is 2.87. The summed E-state index contributed by atoms with van der Waals surface area (Å²) in [4.78, 5) is 15.6. The Hall–Kier alpha value is -1.58. The summed E-state index contributed by atoms with van der Waals surface area (Å²) in [6, 6.07) is 4.26. The van der Waals surface area contributed by atoms with E-state index in [4.69, 9.17) is 0 Å². The zero-order chi connectivity index (χ0) is 11.5. The molecule has 0 spiro atoms. The molecule has 2 N–H and O–H groups in total. The predicted molar refractivity (Wildman–Crippen MR) is 63.4 cm³/mol. The normalized spacial score (nSPS) is 22.6. The first kappa shape index (κ1) is 10.9. The van der Waals surface area contributed by atoms with Gasteiger partial charge in [-0.15, -0.1) is 0 Å². The fourth-order valence-corrected chi connectivity index (χ4v) is 1.63. The third-order valence-electron chi connectivity index (χ3n) is 2.79. The van der Waals surface area contributed by atoms with Crippen molar-refractivity contribution in [2.45, 2.75) is 26.3 Å². The van der Waals surface area contributed by atoms with Crippen molar-refractivity contribution in [1.82, 2.24) is 10.3 Å². The third kappa shape index (κ3) is 2.51. The summed E-state index contributed by atoms with van der Waals surface area (Å²) in [6.45, 7) is 4.73. The summed E-state index contributed by atoms with van der Waals surface area (Å²) in [5.74, 6) is 0.621. The van der Waals surface area contributed by atoms with Crippen molar-refractivity contribution in [2.75, 3.05) is 11.9 Å². The van der Waals surface area contributed by atoms with E-state index in [9.17, 15) is 4.79 Å². The lowest BCUT2D eigenvalue weighted by Crippen LogP contribution is -2.23. The molecule has 86 valence electrons. The second kappa shape index (κ2) is 4.51. The molecule has 1 aromatic heterocycles. The van der Waals surface area contributed by atoms with Crippen molar-refractivity contribution in [2.24, 2.45) is 5.92 Å². The SMILES string of the molecule is CCNC(=O)c1cc(NC2CC2C)ccn1. The molecule has 4 nitrogen and oxygen atoms in total. The van der Waals surface area contributed by atoms with Crippen LogP contribution in [0, 0.1) is 5.92 Å². The molecule has 0 aromatic carbocycles. The molecule has 1 saturated carbocycles. The van der Waals surface area contributed by atoms with Crippen LogP contribution in [0.5, 0.6) is 0 Å². The number of nitrogens with zero attached hydrogens (tertiary/aromatic N) is 1. The highest BCUT2D eigenvalue weighted by molar-refractivity contribution is 5.93. The zero-order valence-electron chi connectivity index (χ0n) is 9.66. The highest BCUT2D eigenvalue weighted by Gasteiger charge is 2.32. The van der Waals surface area contributed by atoms with Gasteiger partial charge >= 0.3 is 0 Å². The van der Waals surface area contributed by atoms with Gasteiger partial charge in [0.25, 0.3) is 5.91 Å². The van der Waals surface area contributed by atoms with Gasteiger partial charge in [-0.05, 0) is 31.4 Å². The number of hydrogen-bond donors (Lipinski definition) is 2. The number of aromatic nitrogens is 1. The van der Waals surface area contributed by atoms with Crippen molar-refractivity contribution in [3.8, 4) is 0 Å². The molecule has 0 saturated heterocycles. The van der Waals surface area contributed by atoms with Crippen LogP contribution in [0.3, 0.4) is 0 Å². The van der Waals surface area contributed by atoms with E-state index in [0.717, 1.165) is 11.6 Å². The maximum atomic E-state index is 11.6. The first-order chi connectivity index (χ1) is 7.70. The van der Waals surface area contributed by atoms with Gasteiger partial charge in [0.15, 0.2) is 0 Å². The van der Waals surface area contributed by atoms with Crippen molar-refractivity contribution in [3.63, 3.8) is 0 Å². The van der Waals surface area contributed by atoms with E-state index in [0.29, 0.717) is 18.3 Å². The van der Waals surface area contributed by atoms with E-state index in [1.54, 1.807) is 12.3 Å². The first-order valence-electron chi connectivity index (χ1n) is 5.71. The molecule has 1 aliphatic rings. The quantitative estimate of drug-likeness (QED) is 0.809. The third-order valence-corrected chi connectivity index (χ3v) is 2.79. The minimum absolute atomic E-state index is 0.116. The van der Waals surface area contributed by atoms with E-state index in [2.05, 4.69) is 22.5 Å². The maximum Gasteiger partial charge on any atom is 0.269 e. The summed E-state index contributed by atoms with van der Waals surface area (Å²) in [5, 5.41) is 6.12. The van der Waals surface area contributed by atoms with Gasteiger partial charge in [-0.1, -0.05) is 6.92 Å². The molecule has 2 unspecified atom stereocenters. The number of carbonyl (C=O) groups excluding carboxylic acids is 1. The van der Waals surface area contributed by atoms with E-state index in [1.807, 2.05) is 13.0 Å². The smallest absolute Gasteiger partial charge is 0.269 e. The Morgan fingerprint density at radius 3 is 3.00 bits per heavy atom. The van der Waals surface area contributed by atoms with Gasteiger partial charge in [-0.25, -0.2) is 0 Å². The second-order valence-corrected chi connectivity index (χ2v) is 4.25. The van der Waals surface area contributed by atoms with Crippen molar-refractivity contribution < 1.29 is 4.79 Å². The van der Waals surface area contributed by atoms with Crippen LogP contribution >= 0.6 is 0 Å². The van der Waals surface area contributed by atoms with E-state index in [1.165, 1.54) is 6.42 Å². The topological polar surface area (TPSA) is 54.0 Å². The number of pyridine rings is 1. The van der Waals surface area contributed by atoms with Crippen LogP contribution < -0.4 is 10.6 Å². The van der Waals surface area contributed by atoms with Gasteiger partial charge in [0, 0.05) is 24.5 Å². The van der Waals surface area contributed by atoms with E-state index >= 15 is 0 Å². The van der Waals surface area contributed by atoms with Crippen molar-refractivity contribution >= 4 is 11.6 Å². The number of carbonyl (C=O) groups is 1. The fraction of sp³-hybridized carbons (Fsp3) is 0.500. The zero-order valence-corrected chi connectivity index (χ0v) is 9.66. The lowest BCUT2D eigenvalue weighted by atomic mass is 10.3. The molecule has 2 atom stereocenters. The van der Waals surface area contributed by atoms with Gasteiger partial charge in [-0.3, -0.25) is 9.78 Å². The Kier molecular flexibility index (Phi) is 3.08. The minimum atomic E-state index is -0.116. The summed E-state index contributed by atoms with van der Waals surface area (Å²) in [7, 11) is 0. The second-order valence-electron chi connectivity index (χ2n) is 4.25. The van der Waals surface area contributed by atoms with Gasteiger partial charge in [0.05, 0.1) is 0 Å². The molecule has 1 aliphatic carbocycles. The molecule has 1 heterocycles. The molecule has 0 aliphatic heterocycles. The van der Waals surface area contributed by atoms with Gasteiger partial charge < -0.3 is 10.6 Å². The molecular weight excluding hydrogens is 202 g/mol. The molecule has 0 bridgehead atoms. The lowest BCUT2D eigenvalue weighted by Gasteiger charge is -2.06. The van der Waals surface area contributed by atoms with Crippen LogP contribution in [0.4, 0.5) is 5.69 Å². The molecular formula is C12H17N3O. The number of anilines is 1. The fourth-order valence-electron chi connectivity index (χ4n) is 1.63. The monoisotopic (exact) mass is 219 g/mol. The maximum absolute atomic E-state index is 11.6. The molecule has 1 fully saturated rings. The molecule has 2 rings (SSSR count). The Labute approximate surface area is 95.5 Å². The van der Waals surface area contributed by atoms with Crippen molar-refractivity contribution in [3.05, 3.63) is 24.0 Å². The largest absolute Gasteiger partial charge is 0.382 e. The number of nitrogens with one attached hydrogen (secondary N) is 2. The molecule has 1 amide bonds. The van der Waals surface area contributed by atoms with Crippen LogP contribution in [0.15, 0.2) is 18.3 Å². The Morgan fingerprint density at radius 1 is 1.62 bits per heavy atom. The van der Waals surface area contributed by atoms with Crippen LogP contribution in [0.1, 0.15) is 30.8 Å². The molecule has 0 radical (unpaired) electrons. The average molecular weight is 219 g/mol. The van der Waals surface area contributed by atoms with Crippen molar-refractivity contribution in [1.29, 1.82) is 0 Å².